The van der Waals surface area contributed by atoms with Crippen molar-refractivity contribution in [2.24, 2.45) is 0 Å². The molecule has 4 rings (SSSR count). The largest absolute Gasteiger partial charge is 0.349 e. The maximum Gasteiger partial charge on any atom is 0.324 e. The lowest BCUT2D eigenvalue weighted by atomic mass is 10.1. The molecule has 0 spiro atoms. The van der Waals surface area contributed by atoms with Crippen LogP contribution in [0.25, 0.3) is 11.0 Å². The molecule has 0 radical (unpaired) electrons. The summed E-state index contributed by atoms with van der Waals surface area (Å²) in [6.07, 6.45) is 1.01. The number of carbonyl (C=O) groups excluding carboxylic acids is 3. The second kappa shape index (κ2) is 8.77. The Labute approximate surface area is 173 Å². The zero-order chi connectivity index (χ0) is 20.9. The number of nitrogens with zero attached hydrogens (tertiary/aromatic N) is 2. The van der Waals surface area contributed by atoms with Gasteiger partial charge in [-0.05, 0) is 30.5 Å². The number of imide groups is 1. The number of nitrogens with one attached hydrogen (secondary N) is 3. The molecule has 2 heterocycles. The van der Waals surface area contributed by atoms with E-state index >= 15 is 0 Å². The smallest absolute Gasteiger partial charge is 0.324 e. The van der Waals surface area contributed by atoms with Crippen molar-refractivity contribution in [3.8, 4) is 0 Å². The van der Waals surface area contributed by atoms with Gasteiger partial charge in [-0.3, -0.25) is 14.5 Å². The summed E-state index contributed by atoms with van der Waals surface area (Å²) in [6.45, 7) is 0.602. The molecule has 3 aromatic rings. The molecule has 1 atom stereocenters. The number of para-hydroxylation sites is 2. The maximum absolute atomic E-state index is 12.5. The number of carbonyl (C=O) groups is 3. The monoisotopic (exact) mass is 405 g/mol. The maximum atomic E-state index is 12.5. The highest BCUT2D eigenvalue weighted by molar-refractivity contribution is 6.04. The van der Waals surface area contributed by atoms with Crippen molar-refractivity contribution in [2.45, 2.75) is 31.8 Å². The first-order valence-electron chi connectivity index (χ1n) is 9.96. The highest BCUT2D eigenvalue weighted by Gasteiger charge is 2.37. The Morgan fingerprint density at radius 3 is 2.63 bits per heavy atom. The van der Waals surface area contributed by atoms with Gasteiger partial charge in [0, 0.05) is 13.0 Å². The fraction of sp³-hybridized carbons (Fsp3) is 0.273. The van der Waals surface area contributed by atoms with E-state index < -0.39 is 12.1 Å². The predicted molar refractivity (Wildman–Crippen MR) is 111 cm³/mol. The van der Waals surface area contributed by atoms with E-state index in [0.717, 1.165) is 16.6 Å². The summed E-state index contributed by atoms with van der Waals surface area (Å²) in [7, 11) is 0. The van der Waals surface area contributed by atoms with Gasteiger partial charge in [-0.2, -0.15) is 0 Å². The van der Waals surface area contributed by atoms with Gasteiger partial charge < -0.3 is 15.6 Å². The van der Waals surface area contributed by atoms with Crippen molar-refractivity contribution in [2.75, 3.05) is 6.54 Å². The molecule has 2 aromatic carbocycles. The van der Waals surface area contributed by atoms with E-state index in [2.05, 4.69) is 20.6 Å². The molecule has 8 heteroatoms. The lowest BCUT2D eigenvalue weighted by Gasteiger charge is -2.13. The number of amides is 4. The van der Waals surface area contributed by atoms with Crippen LogP contribution in [0.15, 0.2) is 54.6 Å². The number of aromatic amines is 1. The van der Waals surface area contributed by atoms with Crippen LogP contribution in [0.2, 0.25) is 0 Å². The topological polar surface area (TPSA) is 107 Å². The average Bonchev–Trinajstić information content (AvgIpc) is 3.30. The van der Waals surface area contributed by atoms with Gasteiger partial charge in [-0.1, -0.05) is 42.5 Å². The summed E-state index contributed by atoms with van der Waals surface area (Å²) < 4.78 is 0. The molecule has 0 unspecified atom stereocenters. The average molecular weight is 405 g/mol. The molecule has 8 nitrogen and oxygen atoms in total. The molecule has 4 amide bonds. The number of hydrogen-bond acceptors (Lipinski definition) is 4. The van der Waals surface area contributed by atoms with E-state index in [-0.39, 0.29) is 31.2 Å². The van der Waals surface area contributed by atoms with Crippen LogP contribution in [-0.2, 0) is 22.6 Å². The molecular weight excluding hydrogens is 382 g/mol. The van der Waals surface area contributed by atoms with E-state index in [4.69, 9.17) is 0 Å². The third kappa shape index (κ3) is 4.48. The van der Waals surface area contributed by atoms with E-state index in [9.17, 15) is 14.4 Å². The first-order chi connectivity index (χ1) is 14.6. The zero-order valence-electron chi connectivity index (χ0n) is 16.4. The van der Waals surface area contributed by atoms with Crippen LogP contribution in [0.4, 0.5) is 4.79 Å². The second-order valence-electron chi connectivity index (χ2n) is 7.24. The van der Waals surface area contributed by atoms with Crippen LogP contribution in [0.5, 0.6) is 0 Å². The standard InChI is InChI=1S/C22H23N5O3/c28-20(23-14-19-24-16-8-4-5-9-17(16)25-19)11-10-18-21(29)27(22(30)26-18)13-12-15-6-2-1-3-7-15/h1-9,18H,10-14H2,(H,23,28)(H,24,25)(H,26,30)/t18-/m1/s1. The molecule has 1 fully saturated rings. The molecular formula is C22H23N5O3. The summed E-state index contributed by atoms with van der Waals surface area (Å²) in [5.41, 5.74) is 2.82. The van der Waals surface area contributed by atoms with Gasteiger partial charge in [0.15, 0.2) is 0 Å². The van der Waals surface area contributed by atoms with Crippen LogP contribution in [-0.4, -0.2) is 45.3 Å². The zero-order valence-corrected chi connectivity index (χ0v) is 16.4. The minimum Gasteiger partial charge on any atom is -0.349 e. The highest BCUT2D eigenvalue weighted by Crippen LogP contribution is 2.13. The van der Waals surface area contributed by atoms with Crippen molar-refractivity contribution < 1.29 is 14.4 Å². The third-order valence-corrected chi connectivity index (χ3v) is 5.13. The third-order valence-electron chi connectivity index (χ3n) is 5.13. The summed E-state index contributed by atoms with van der Waals surface area (Å²) in [5.74, 6) is 0.197. The van der Waals surface area contributed by atoms with Crippen molar-refractivity contribution in [3.63, 3.8) is 0 Å². The summed E-state index contributed by atoms with van der Waals surface area (Å²) in [6, 6.07) is 16.3. The van der Waals surface area contributed by atoms with Gasteiger partial charge >= 0.3 is 6.03 Å². The van der Waals surface area contributed by atoms with E-state index in [1.54, 1.807) is 0 Å². The van der Waals surface area contributed by atoms with Gasteiger partial charge in [0.25, 0.3) is 5.91 Å². The van der Waals surface area contributed by atoms with Gasteiger partial charge in [0.2, 0.25) is 5.91 Å². The van der Waals surface area contributed by atoms with Gasteiger partial charge in [-0.15, -0.1) is 0 Å². The molecule has 1 aliphatic rings. The predicted octanol–water partition coefficient (Wildman–Crippen LogP) is 2.12. The Morgan fingerprint density at radius 2 is 1.83 bits per heavy atom. The summed E-state index contributed by atoms with van der Waals surface area (Å²) >= 11 is 0. The van der Waals surface area contributed by atoms with Gasteiger partial charge in [0.1, 0.15) is 11.9 Å². The van der Waals surface area contributed by atoms with E-state index in [1.807, 2.05) is 54.6 Å². The Bertz CT molecular complexity index is 1030. The Hall–Kier alpha value is -3.68. The lowest BCUT2D eigenvalue weighted by Crippen LogP contribution is -2.34. The van der Waals surface area contributed by atoms with Crippen LogP contribution >= 0.6 is 0 Å². The molecule has 0 saturated carbocycles. The molecule has 1 saturated heterocycles. The Kier molecular flexibility index (Phi) is 5.74. The molecule has 3 N–H and O–H groups in total. The van der Waals surface area contributed by atoms with Crippen LogP contribution in [0.1, 0.15) is 24.2 Å². The number of hydrogen-bond donors (Lipinski definition) is 3. The van der Waals surface area contributed by atoms with Crippen molar-refractivity contribution in [1.82, 2.24) is 25.5 Å². The fourth-order valence-electron chi connectivity index (χ4n) is 3.51. The first kappa shape index (κ1) is 19.6. The number of rotatable bonds is 8. The number of urea groups is 1. The number of imidazole rings is 1. The van der Waals surface area contributed by atoms with Gasteiger partial charge in [-0.25, -0.2) is 9.78 Å². The molecule has 154 valence electrons. The Morgan fingerprint density at radius 1 is 1.07 bits per heavy atom. The molecule has 30 heavy (non-hydrogen) atoms. The minimum atomic E-state index is -0.662. The SMILES string of the molecule is O=C(CC[C@H]1NC(=O)N(CCc2ccccc2)C1=O)NCc1nc2ccccc2[nH]1. The summed E-state index contributed by atoms with van der Waals surface area (Å²) in [4.78, 5) is 45.6. The number of H-pyrrole nitrogens is 1. The molecule has 1 aromatic heterocycles. The quantitative estimate of drug-likeness (QED) is 0.499. The van der Waals surface area contributed by atoms with Gasteiger partial charge in [0.05, 0.1) is 17.6 Å². The molecule has 0 bridgehead atoms. The van der Waals surface area contributed by atoms with E-state index in [0.29, 0.717) is 18.8 Å². The van der Waals surface area contributed by atoms with Crippen molar-refractivity contribution in [1.29, 1.82) is 0 Å². The van der Waals surface area contributed by atoms with Crippen LogP contribution in [0, 0.1) is 0 Å². The molecule has 0 aliphatic carbocycles. The Balaban J connectivity index is 1.23. The van der Waals surface area contributed by atoms with Crippen molar-refractivity contribution >= 4 is 28.9 Å². The highest BCUT2D eigenvalue weighted by atomic mass is 16.2. The number of fused-ring (bicyclic) bond motifs is 1. The molecule has 1 aliphatic heterocycles. The lowest BCUT2D eigenvalue weighted by molar-refractivity contribution is -0.127. The fourth-order valence-corrected chi connectivity index (χ4v) is 3.51. The van der Waals surface area contributed by atoms with Crippen LogP contribution in [0.3, 0.4) is 0 Å². The number of aromatic nitrogens is 2. The minimum absolute atomic E-state index is 0.142. The normalized spacial score (nSPS) is 16.1. The van der Waals surface area contributed by atoms with E-state index in [1.165, 1.54) is 4.90 Å². The first-order valence-corrected chi connectivity index (χ1v) is 9.96. The second-order valence-corrected chi connectivity index (χ2v) is 7.24. The summed E-state index contributed by atoms with van der Waals surface area (Å²) in [5, 5.41) is 5.47. The van der Waals surface area contributed by atoms with Crippen molar-refractivity contribution in [3.05, 3.63) is 66.0 Å². The number of benzene rings is 2. The van der Waals surface area contributed by atoms with Crippen LogP contribution < -0.4 is 10.6 Å².